The maximum atomic E-state index is 11.5. The van der Waals surface area contributed by atoms with Gasteiger partial charge in [0.25, 0.3) is 0 Å². The molecule has 0 unspecified atom stereocenters. The van der Waals surface area contributed by atoms with Crippen LogP contribution in [0.2, 0.25) is 0 Å². The molecule has 0 amide bonds. The van der Waals surface area contributed by atoms with Gasteiger partial charge >= 0.3 is 5.97 Å². The Balaban J connectivity index is 1.99. The molecule has 0 aliphatic carbocycles. The standard InChI is InChI=1S/C15H14N2O4S/c1-3-20-13(19)6-10-7-17-11(8-18)14(16-15(17)22-10)12-5-4-9(2)21-12/h4-5,7-8H,3,6H2,1-2H3. The average Bonchev–Trinajstić information content (AvgIpc) is 3.12. The lowest BCUT2D eigenvalue weighted by molar-refractivity contribution is -0.142. The number of carbonyl (C=O) groups excluding carboxylic acids is 2. The molecule has 3 aromatic heterocycles. The van der Waals surface area contributed by atoms with Crippen molar-refractivity contribution in [3.63, 3.8) is 0 Å². The van der Waals surface area contributed by atoms with Gasteiger partial charge in [0.1, 0.15) is 17.1 Å². The van der Waals surface area contributed by atoms with E-state index in [-0.39, 0.29) is 12.4 Å². The van der Waals surface area contributed by atoms with Gasteiger partial charge < -0.3 is 9.15 Å². The molecule has 0 fully saturated rings. The third kappa shape index (κ3) is 2.55. The third-order valence-electron chi connectivity index (χ3n) is 3.12. The van der Waals surface area contributed by atoms with E-state index in [1.54, 1.807) is 23.6 Å². The van der Waals surface area contributed by atoms with E-state index < -0.39 is 0 Å². The first-order valence-corrected chi connectivity index (χ1v) is 7.62. The molecule has 3 heterocycles. The molecule has 6 nitrogen and oxygen atoms in total. The molecule has 0 saturated carbocycles. The predicted molar refractivity (Wildman–Crippen MR) is 81.2 cm³/mol. The lowest BCUT2D eigenvalue weighted by Crippen LogP contribution is -2.06. The van der Waals surface area contributed by atoms with Gasteiger partial charge in [-0.3, -0.25) is 14.0 Å². The van der Waals surface area contributed by atoms with Crippen LogP contribution < -0.4 is 0 Å². The van der Waals surface area contributed by atoms with E-state index in [1.165, 1.54) is 11.3 Å². The van der Waals surface area contributed by atoms with Crippen LogP contribution in [-0.4, -0.2) is 28.2 Å². The molecule has 0 saturated heterocycles. The Labute approximate surface area is 130 Å². The van der Waals surface area contributed by atoms with Crippen molar-refractivity contribution in [1.82, 2.24) is 9.38 Å². The number of carbonyl (C=O) groups is 2. The van der Waals surface area contributed by atoms with E-state index in [9.17, 15) is 9.59 Å². The second-order valence-corrected chi connectivity index (χ2v) is 5.80. The number of thiazole rings is 1. The van der Waals surface area contributed by atoms with Gasteiger partial charge in [0.2, 0.25) is 0 Å². The Morgan fingerprint density at radius 1 is 1.50 bits per heavy atom. The first-order valence-electron chi connectivity index (χ1n) is 6.80. The molecular weight excluding hydrogens is 304 g/mol. The number of aryl methyl sites for hydroxylation is 1. The molecular formula is C15H14N2O4S. The Morgan fingerprint density at radius 2 is 2.32 bits per heavy atom. The van der Waals surface area contributed by atoms with Crippen LogP contribution in [0.15, 0.2) is 22.7 Å². The first kappa shape index (κ1) is 14.5. The van der Waals surface area contributed by atoms with Crippen molar-refractivity contribution in [1.29, 1.82) is 0 Å². The zero-order chi connectivity index (χ0) is 15.7. The molecule has 0 aromatic carbocycles. The van der Waals surface area contributed by atoms with Gasteiger partial charge in [-0.25, -0.2) is 4.98 Å². The Morgan fingerprint density at radius 3 is 2.95 bits per heavy atom. The van der Waals surface area contributed by atoms with E-state index in [0.717, 1.165) is 16.9 Å². The number of imidazole rings is 1. The van der Waals surface area contributed by atoms with Gasteiger partial charge in [-0.05, 0) is 26.0 Å². The van der Waals surface area contributed by atoms with Gasteiger partial charge in [-0.1, -0.05) is 0 Å². The zero-order valence-electron chi connectivity index (χ0n) is 12.2. The number of rotatable bonds is 5. The number of ether oxygens (including phenoxy) is 1. The third-order valence-corrected chi connectivity index (χ3v) is 4.10. The van der Waals surface area contributed by atoms with E-state index in [4.69, 9.17) is 9.15 Å². The lowest BCUT2D eigenvalue weighted by Gasteiger charge is -1.98. The summed E-state index contributed by atoms with van der Waals surface area (Å²) in [5, 5.41) is 0. The summed E-state index contributed by atoms with van der Waals surface area (Å²) >= 11 is 1.35. The van der Waals surface area contributed by atoms with E-state index in [1.807, 2.05) is 13.0 Å². The SMILES string of the molecule is CCOC(=O)Cc1cn2c(C=O)c(-c3ccc(C)o3)nc2s1. The van der Waals surface area contributed by atoms with E-state index in [2.05, 4.69) is 4.98 Å². The molecule has 0 radical (unpaired) electrons. The Hall–Kier alpha value is -2.41. The highest BCUT2D eigenvalue weighted by Gasteiger charge is 2.19. The van der Waals surface area contributed by atoms with Crippen molar-refractivity contribution < 1.29 is 18.7 Å². The molecule has 0 atom stereocenters. The molecule has 3 aromatic rings. The fraction of sp³-hybridized carbons (Fsp3) is 0.267. The summed E-state index contributed by atoms with van der Waals surface area (Å²) < 4.78 is 12.1. The van der Waals surface area contributed by atoms with Gasteiger partial charge in [0.15, 0.2) is 17.0 Å². The predicted octanol–water partition coefficient (Wildman–Crippen LogP) is 2.88. The molecule has 0 aliphatic rings. The fourth-order valence-corrected chi connectivity index (χ4v) is 3.17. The normalized spacial score (nSPS) is 11.0. The minimum Gasteiger partial charge on any atom is -0.466 e. The summed E-state index contributed by atoms with van der Waals surface area (Å²) in [4.78, 5) is 28.8. The van der Waals surface area contributed by atoms with Gasteiger partial charge in [0.05, 0.1) is 13.0 Å². The van der Waals surface area contributed by atoms with Crippen molar-refractivity contribution >= 4 is 28.6 Å². The van der Waals surface area contributed by atoms with Crippen LogP contribution in [0.1, 0.15) is 28.0 Å². The van der Waals surface area contributed by atoms with Crippen LogP contribution >= 0.6 is 11.3 Å². The molecule has 0 spiro atoms. The van der Waals surface area contributed by atoms with Crippen LogP contribution in [0.5, 0.6) is 0 Å². The van der Waals surface area contributed by atoms with Crippen molar-refractivity contribution in [3.05, 3.63) is 34.7 Å². The molecule has 0 bridgehead atoms. The minimum atomic E-state index is -0.290. The van der Waals surface area contributed by atoms with Crippen molar-refractivity contribution in [2.75, 3.05) is 6.61 Å². The lowest BCUT2D eigenvalue weighted by atomic mass is 10.3. The van der Waals surface area contributed by atoms with Crippen molar-refractivity contribution in [2.45, 2.75) is 20.3 Å². The maximum absolute atomic E-state index is 11.5. The number of aromatic nitrogens is 2. The molecule has 7 heteroatoms. The fourth-order valence-electron chi connectivity index (χ4n) is 2.20. The Bertz CT molecular complexity index is 843. The van der Waals surface area contributed by atoms with Gasteiger partial charge in [0, 0.05) is 11.1 Å². The number of hydrogen-bond acceptors (Lipinski definition) is 6. The molecule has 114 valence electrons. The number of aldehydes is 1. The van der Waals surface area contributed by atoms with Gasteiger partial charge in [-0.15, -0.1) is 11.3 Å². The Kier molecular flexibility index (Phi) is 3.81. The topological polar surface area (TPSA) is 73.8 Å². The maximum Gasteiger partial charge on any atom is 0.311 e. The van der Waals surface area contributed by atoms with Crippen molar-refractivity contribution in [3.8, 4) is 11.5 Å². The summed E-state index contributed by atoms with van der Waals surface area (Å²) in [7, 11) is 0. The number of furan rings is 1. The highest BCUT2D eigenvalue weighted by molar-refractivity contribution is 7.17. The van der Waals surface area contributed by atoms with Crippen molar-refractivity contribution in [2.24, 2.45) is 0 Å². The molecule has 0 aliphatic heterocycles. The number of hydrogen-bond donors (Lipinski definition) is 0. The number of esters is 1. The summed E-state index contributed by atoms with van der Waals surface area (Å²) in [5.74, 6) is 1.02. The average molecular weight is 318 g/mol. The van der Waals surface area contributed by atoms with Crippen LogP contribution in [-0.2, 0) is 16.0 Å². The highest BCUT2D eigenvalue weighted by atomic mass is 32.1. The summed E-state index contributed by atoms with van der Waals surface area (Å²) in [5.41, 5.74) is 0.924. The second kappa shape index (κ2) is 5.76. The molecule has 22 heavy (non-hydrogen) atoms. The minimum absolute atomic E-state index is 0.176. The number of fused-ring (bicyclic) bond motifs is 1. The van der Waals surface area contributed by atoms with Crippen LogP contribution in [0.3, 0.4) is 0 Å². The highest BCUT2D eigenvalue weighted by Crippen LogP contribution is 2.29. The van der Waals surface area contributed by atoms with Crippen LogP contribution in [0.4, 0.5) is 0 Å². The summed E-state index contributed by atoms with van der Waals surface area (Å²) in [6.45, 7) is 3.95. The first-order chi connectivity index (χ1) is 10.6. The van der Waals surface area contributed by atoms with E-state index >= 15 is 0 Å². The molecule has 3 rings (SSSR count). The summed E-state index contributed by atoms with van der Waals surface area (Å²) in [6.07, 6.45) is 2.66. The smallest absolute Gasteiger partial charge is 0.311 e. The van der Waals surface area contributed by atoms with Gasteiger partial charge in [-0.2, -0.15) is 0 Å². The van der Waals surface area contributed by atoms with Crippen LogP contribution in [0, 0.1) is 6.92 Å². The largest absolute Gasteiger partial charge is 0.466 e. The molecule has 0 N–H and O–H groups in total. The summed E-state index contributed by atoms with van der Waals surface area (Å²) in [6, 6.07) is 3.61. The van der Waals surface area contributed by atoms with Crippen LogP contribution in [0.25, 0.3) is 16.4 Å². The second-order valence-electron chi connectivity index (χ2n) is 4.71. The monoisotopic (exact) mass is 318 g/mol. The zero-order valence-corrected chi connectivity index (χ0v) is 13.0. The van der Waals surface area contributed by atoms with E-state index in [0.29, 0.717) is 28.7 Å². The number of nitrogens with zero attached hydrogens (tertiary/aromatic N) is 2. The quantitative estimate of drug-likeness (QED) is 0.534.